The van der Waals surface area contributed by atoms with Crippen molar-refractivity contribution in [3.63, 3.8) is 0 Å². The SMILES string of the molecule is N#Cc1cc(F)cc(Oc2ccc3c4c2C(F)CC4(F)C(F)(F)S3(O)O)c1. The molecule has 27 heavy (non-hydrogen) atoms. The summed E-state index contributed by atoms with van der Waals surface area (Å²) in [5.74, 6) is -1.41. The van der Waals surface area contributed by atoms with Crippen LogP contribution in [0.25, 0.3) is 0 Å². The van der Waals surface area contributed by atoms with Gasteiger partial charge in [0.25, 0.3) is 0 Å². The van der Waals surface area contributed by atoms with Crippen LogP contribution in [-0.2, 0) is 5.67 Å². The molecule has 0 saturated carbocycles. The highest BCUT2D eigenvalue weighted by molar-refractivity contribution is 8.25. The van der Waals surface area contributed by atoms with Gasteiger partial charge in [-0.05, 0) is 24.3 Å². The number of benzene rings is 2. The maximum atomic E-state index is 15.1. The molecule has 2 N–H and O–H groups in total. The Kier molecular flexibility index (Phi) is 3.57. The van der Waals surface area contributed by atoms with Crippen LogP contribution in [0.2, 0.25) is 0 Å². The van der Waals surface area contributed by atoms with Gasteiger partial charge in [-0.1, -0.05) is 0 Å². The molecule has 0 fully saturated rings. The van der Waals surface area contributed by atoms with E-state index in [4.69, 9.17) is 10.00 Å². The fourth-order valence-corrected chi connectivity index (χ4v) is 5.25. The molecule has 0 radical (unpaired) electrons. The van der Waals surface area contributed by atoms with E-state index < -0.39 is 55.9 Å². The lowest BCUT2D eigenvalue weighted by molar-refractivity contribution is -0.0823. The predicted octanol–water partition coefficient (Wildman–Crippen LogP) is 5.78. The molecule has 4 rings (SSSR count). The summed E-state index contributed by atoms with van der Waals surface area (Å²) in [6.45, 7) is 0. The number of hydrogen-bond donors (Lipinski definition) is 2. The van der Waals surface area contributed by atoms with E-state index in [-0.39, 0.29) is 17.1 Å². The van der Waals surface area contributed by atoms with Gasteiger partial charge in [0.2, 0.25) is 5.67 Å². The van der Waals surface area contributed by atoms with E-state index in [2.05, 4.69) is 0 Å². The average molecular weight is 403 g/mol. The third-order valence-electron chi connectivity index (χ3n) is 4.69. The molecule has 2 atom stereocenters. The van der Waals surface area contributed by atoms with Crippen LogP contribution in [0.3, 0.4) is 0 Å². The molecule has 0 amide bonds. The van der Waals surface area contributed by atoms with Gasteiger partial charge in [-0.25, -0.2) is 13.2 Å². The maximum absolute atomic E-state index is 15.1. The van der Waals surface area contributed by atoms with E-state index in [0.29, 0.717) is 0 Å². The first-order valence-electron chi connectivity index (χ1n) is 7.57. The zero-order valence-electron chi connectivity index (χ0n) is 13.2. The summed E-state index contributed by atoms with van der Waals surface area (Å²) in [7, 11) is -4.83. The Bertz CT molecular complexity index is 1020. The number of rotatable bonds is 2. The molecule has 1 heterocycles. The highest BCUT2D eigenvalue weighted by Gasteiger charge is 2.75. The minimum Gasteiger partial charge on any atom is -0.457 e. The van der Waals surface area contributed by atoms with Gasteiger partial charge < -0.3 is 4.74 Å². The van der Waals surface area contributed by atoms with Crippen LogP contribution in [0, 0.1) is 17.1 Å². The third-order valence-corrected chi connectivity index (χ3v) is 6.68. The van der Waals surface area contributed by atoms with Crippen LogP contribution in [0.4, 0.5) is 22.0 Å². The van der Waals surface area contributed by atoms with E-state index in [1.807, 2.05) is 0 Å². The lowest BCUT2D eigenvalue weighted by atomic mass is 9.98. The molecule has 0 bridgehead atoms. The summed E-state index contributed by atoms with van der Waals surface area (Å²) < 4.78 is 96.8. The van der Waals surface area contributed by atoms with E-state index >= 15 is 4.39 Å². The standard InChI is InChI=1S/C17H10F5NO3S/c18-9-3-8(7-23)4-10(5-9)26-12-1-2-13-15-14(12)11(19)6-16(15,20)17(21,22)27(13,24)25/h1-5,11,24-25H,6H2. The molecule has 2 aliphatic rings. The Hall–Kier alpha value is -2.35. The molecule has 0 saturated heterocycles. The van der Waals surface area contributed by atoms with Gasteiger partial charge in [0.05, 0.1) is 16.5 Å². The van der Waals surface area contributed by atoms with Gasteiger partial charge in [0.1, 0.15) is 23.5 Å². The maximum Gasteiger partial charge on any atom is 0.379 e. The number of alkyl halides is 4. The van der Waals surface area contributed by atoms with Gasteiger partial charge in [-0.3, -0.25) is 9.11 Å². The van der Waals surface area contributed by atoms with Gasteiger partial charge in [0, 0.05) is 23.6 Å². The molecule has 1 aliphatic carbocycles. The van der Waals surface area contributed by atoms with Crippen molar-refractivity contribution in [3.05, 3.63) is 52.8 Å². The van der Waals surface area contributed by atoms with Crippen molar-refractivity contribution in [1.29, 1.82) is 5.26 Å². The molecule has 4 nitrogen and oxygen atoms in total. The van der Waals surface area contributed by atoms with Crippen molar-refractivity contribution in [3.8, 4) is 17.6 Å². The van der Waals surface area contributed by atoms with Gasteiger partial charge >= 0.3 is 5.25 Å². The van der Waals surface area contributed by atoms with Crippen LogP contribution < -0.4 is 4.74 Å². The molecular weight excluding hydrogens is 393 g/mol. The largest absolute Gasteiger partial charge is 0.457 e. The summed E-state index contributed by atoms with van der Waals surface area (Å²) in [5, 5.41) is 4.27. The third kappa shape index (κ3) is 2.16. The Balaban J connectivity index is 1.89. The number of hydrogen-bond acceptors (Lipinski definition) is 4. The first kappa shape index (κ1) is 18.0. The Labute approximate surface area is 151 Å². The van der Waals surface area contributed by atoms with E-state index in [1.54, 1.807) is 6.07 Å². The predicted molar refractivity (Wildman–Crippen MR) is 84.9 cm³/mol. The zero-order chi connectivity index (χ0) is 19.8. The monoisotopic (exact) mass is 403 g/mol. The first-order chi connectivity index (χ1) is 12.5. The second-order valence-electron chi connectivity index (χ2n) is 6.28. The van der Waals surface area contributed by atoms with Gasteiger partial charge in [-0.15, -0.1) is 10.6 Å². The molecule has 0 aromatic heterocycles. The minimum absolute atomic E-state index is 0.0973. The topological polar surface area (TPSA) is 73.5 Å². The summed E-state index contributed by atoms with van der Waals surface area (Å²) in [5.41, 5.74) is -5.10. The van der Waals surface area contributed by atoms with Crippen molar-refractivity contribution in [2.75, 3.05) is 0 Å². The molecule has 142 valence electrons. The zero-order valence-corrected chi connectivity index (χ0v) is 14.0. The molecule has 2 unspecified atom stereocenters. The van der Waals surface area contributed by atoms with Crippen LogP contribution in [-0.4, -0.2) is 14.4 Å². The lowest BCUT2D eigenvalue weighted by Gasteiger charge is -2.37. The minimum atomic E-state index is -4.83. The summed E-state index contributed by atoms with van der Waals surface area (Å²) in [6.07, 6.45) is -3.49. The summed E-state index contributed by atoms with van der Waals surface area (Å²) >= 11 is 0. The normalized spacial score (nSPS) is 27.7. The second-order valence-corrected chi connectivity index (χ2v) is 8.33. The van der Waals surface area contributed by atoms with E-state index in [1.165, 1.54) is 0 Å². The van der Waals surface area contributed by atoms with Crippen molar-refractivity contribution in [2.24, 2.45) is 0 Å². The van der Waals surface area contributed by atoms with E-state index in [9.17, 15) is 26.7 Å². The van der Waals surface area contributed by atoms with Crippen molar-refractivity contribution >= 4 is 10.6 Å². The number of ether oxygens (including phenoxy) is 1. The Morgan fingerprint density at radius 3 is 2.56 bits per heavy atom. The van der Waals surface area contributed by atoms with Gasteiger partial charge in [0.15, 0.2) is 0 Å². The fraction of sp³-hybridized carbons (Fsp3) is 0.235. The van der Waals surface area contributed by atoms with Crippen LogP contribution in [0.1, 0.15) is 29.3 Å². The smallest absolute Gasteiger partial charge is 0.379 e. The van der Waals surface area contributed by atoms with Gasteiger partial charge in [-0.2, -0.15) is 14.0 Å². The van der Waals surface area contributed by atoms with Crippen LogP contribution in [0.15, 0.2) is 35.2 Å². The molecule has 2 aromatic rings. The molecule has 0 spiro atoms. The highest BCUT2D eigenvalue weighted by atomic mass is 32.3. The Morgan fingerprint density at radius 1 is 1.19 bits per heavy atom. The number of halogens is 5. The van der Waals surface area contributed by atoms with Crippen molar-refractivity contribution in [1.82, 2.24) is 0 Å². The van der Waals surface area contributed by atoms with E-state index in [0.717, 1.165) is 30.3 Å². The first-order valence-corrected chi connectivity index (χ1v) is 9.12. The summed E-state index contributed by atoms with van der Waals surface area (Å²) in [4.78, 5) is -0.769. The highest BCUT2D eigenvalue weighted by Crippen LogP contribution is 2.79. The summed E-state index contributed by atoms with van der Waals surface area (Å²) in [6, 6.07) is 6.46. The second kappa shape index (κ2) is 5.34. The van der Waals surface area contributed by atoms with Crippen LogP contribution >= 0.6 is 10.6 Å². The van der Waals surface area contributed by atoms with Crippen LogP contribution in [0.5, 0.6) is 11.5 Å². The molecule has 1 aliphatic heterocycles. The quantitative estimate of drug-likeness (QED) is 0.623. The number of nitriles is 1. The molecule has 2 aromatic carbocycles. The number of nitrogens with zero attached hydrogens (tertiary/aromatic N) is 1. The molecule has 10 heteroatoms. The van der Waals surface area contributed by atoms with Crippen molar-refractivity contribution < 1.29 is 35.8 Å². The lowest BCUT2D eigenvalue weighted by Crippen LogP contribution is -2.38. The average Bonchev–Trinajstić information content (AvgIpc) is 2.92. The Morgan fingerprint density at radius 2 is 1.89 bits per heavy atom. The van der Waals surface area contributed by atoms with Crippen molar-refractivity contribution in [2.45, 2.75) is 28.4 Å². The fourth-order valence-electron chi connectivity index (χ4n) is 3.52. The molecular formula is C17H10F5NO3S.